The molecule has 0 saturated carbocycles. The minimum Gasteiger partial charge on any atom is -0.405 e. The second kappa shape index (κ2) is 6.07. The van der Waals surface area contributed by atoms with Crippen LogP contribution in [0.2, 0.25) is 0 Å². The summed E-state index contributed by atoms with van der Waals surface area (Å²) in [5, 5.41) is 0. The number of nitrogens with zero attached hydrogens (tertiary/aromatic N) is 1. The molecule has 19 heavy (non-hydrogen) atoms. The quantitative estimate of drug-likeness (QED) is 0.607. The van der Waals surface area contributed by atoms with E-state index in [1.54, 1.807) is 13.3 Å². The summed E-state index contributed by atoms with van der Waals surface area (Å²) in [4.78, 5) is 4.37. The Kier molecular flexibility index (Phi) is 5.18. The van der Waals surface area contributed by atoms with E-state index < -0.39 is 7.12 Å². The maximum absolute atomic E-state index is 5.92. The SMILES string of the molecule is COC[C@H](C)N=CC(=CN)B1OC(C)(C)C(C)(C)O1. The van der Waals surface area contributed by atoms with E-state index >= 15 is 0 Å². The van der Waals surface area contributed by atoms with Crippen molar-refractivity contribution in [2.45, 2.75) is 51.9 Å². The highest BCUT2D eigenvalue weighted by molar-refractivity contribution is 6.60. The van der Waals surface area contributed by atoms with Crippen LogP contribution in [0.5, 0.6) is 0 Å². The molecule has 0 aromatic heterocycles. The number of hydrogen-bond acceptors (Lipinski definition) is 5. The Hall–Kier alpha value is -0.845. The predicted octanol–water partition coefficient (Wildman–Crippen LogP) is 1.57. The molecule has 1 fully saturated rings. The van der Waals surface area contributed by atoms with E-state index in [4.69, 9.17) is 19.8 Å². The van der Waals surface area contributed by atoms with Crippen molar-refractivity contribution in [3.05, 3.63) is 11.7 Å². The third kappa shape index (κ3) is 3.81. The Morgan fingerprint density at radius 3 is 2.26 bits per heavy atom. The van der Waals surface area contributed by atoms with Gasteiger partial charge in [0.25, 0.3) is 0 Å². The molecule has 0 bridgehead atoms. The van der Waals surface area contributed by atoms with Crippen LogP contribution < -0.4 is 5.73 Å². The second-order valence-corrected chi connectivity index (χ2v) is 5.84. The van der Waals surface area contributed by atoms with Crippen LogP contribution >= 0.6 is 0 Å². The summed E-state index contributed by atoms with van der Waals surface area (Å²) in [7, 11) is 1.17. The first-order chi connectivity index (χ1) is 8.73. The summed E-state index contributed by atoms with van der Waals surface area (Å²) in [6.07, 6.45) is 3.18. The van der Waals surface area contributed by atoms with Crippen molar-refractivity contribution >= 4 is 13.3 Å². The van der Waals surface area contributed by atoms with E-state index in [1.807, 2.05) is 34.6 Å². The van der Waals surface area contributed by atoms with Gasteiger partial charge in [-0.15, -0.1) is 0 Å². The topological polar surface area (TPSA) is 66.1 Å². The zero-order valence-corrected chi connectivity index (χ0v) is 12.8. The lowest BCUT2D eigenvalue weighted by atomic mass is 9.79. The molecular weight excluding hydrogens is 243 g/mol. The van der Waals surface area contributed by atoms with Crippen LogP contribution in [0.15, 0.2) is 16.7 Å². The first-order valence-electron chi connectivity index (χ1n) is 6.53. The van der Waals surface area contributed by atoms with Crippen LogP contribution in [0.3, 0.4) is 0 Å². The van der Waals surface area contributed by atoms with E-state index in [9.17, 15) is 0 Å². The van der Waals surface area contributed by atoms with Gasteiger partial charge in [-0.1, -0.05) is 0 Å². The van der Waals surface area contributed by atoms with Gasteiger partial charge >= 0.3 is 7.12 Å². The number of ether oxygens (including phenoxy) is 1. The van der Waals surface area contributed by atoms with Crippen LogP contribution in [0.1, 0.15) is 34.6 Å². The van der Waals surface area contributed by atoms with Crippen LogP contribution in [0.4, 0.5) is 0 Å². The van der Waals surface area contributed by atoms with Gasteiger partial charge in [-0.05, 0) is 40.8 Å². The highest BCUT2D eigenvalue weighted by Gasteiger charge is 2.52. The van der Waals surface area contributed by atoms with Gasteiger partial charge in [0.1, 0.15) is 0 Å². The lowest BCUT2D eigenvalue weighted by Gasteiger charge is -2.32. The smallest absolute Gasteiger partial charge is 0.405 e. The monoisotopic (exact) mass is 268 g/mol. The van der Waals surface area contributed by atoms with Crippen LogP contribution in [-0.4, -0.2) is 44.3 Å². The van der Waals surface area contributed by atoms with Crippen LogP contribution in [0.25, 0.3) is 0 Å². The van der Waals surface area contributed by atoms with E-state index in [-0.39, 0.29) is 17.2 Å². The third-order valence-corrected chi connectivity index (χ3v) is 3.60. The fraction of sp³-hybridized carbons (Fsp3) is 0.769. The largest absolute Gasteiger partial charge is 0.497 e. The number of hydrogen-bond donors (Lipinski definition) is 1. The molecule has 1 rings (SSSR count). The zero-order valence-electron chi connectivity index (χ0n) is 12.8. The Labute approximate surface area is 116 Å². The summed E-state index contributed by atoms with van der Waals surface area (Å²) in [5.74, 6) is 0. The fourth-order valence-electron chi connectivity index (χ4n) is 1.66. The van der Waals surface area contributed by atoms with E-state index in [1.165, 1.54) is 6.20 Å². The van der Waals surface area contributed by atoms with E-state index in [0.717, 1.165) is 5.47 Å². The van der Waals surface area contributed by atoms with Gasteiger partial charge in [-0.25, -0.2) is 0 Å². The molecule has 0 amide bonds. The lowest BCUT2D eigenvalue weighted by Crippen LogP contribution is -2.41. The lowest BCUT2D eigenvalue weighted by molar-refractivity contribution is 0.00578. The summed E-state index contributed by atoms with van der Waals surface area (Å²) in [6, 6.07) is 0.0716. The van der Waals surface area contributed by atoms with Crippen molar-refractivity contribution in [1.29, 1.82) is 0 Å². The molecule has 0 spiro atoms. The summed E-state index contributed by atoms with van der Waals surface area (Å²) in [6.45, 7) is 10.6. The van der Waals surface area contributed by atoms with Crippen molar-refractivity contribution in [2.24, 2.45) is 10.7 Å². The fourth-order valence-corrected chi connectivity index (χ4v) is 1.66. The minimum absolute atomic E-state index is 0.0716. The third-order valence-electron chi connectivity index (χ3n) is 3.60. The average molecular weight is 268 g/mol. The van der Waals surface area contributed by atoms with Crippen molar-refractivity contribution in [3.63, 3.8) is 0 Å². The molecule has 0 aromatic rings. The normalized spacial score (nSPS) is 24.1. The molecule has 2 N–H and O–H groups in total. The molecule has 1 aliphatic heterocycles. The Balaban J connectivity index is 2.74. The molecule has 0 aliphatic carbocycles. The molecule has 1 atom stereocenters. The van der Waals surface area contributed by atoms with Gasteiger partial charge in [0.2, 0.25) is 0 Å². The Morgan fingerprint density at radius 1 is 1.32 bits per heavy atom. The highest BCUT2D eigenvalue weighted by atomic mass is 16.7. The minimum atomic E-state index is -0.478. The summed E-state index contributed by atoms with van der Waals surface area (Å²) >= 11 is 0. The van der Waals surface area contributed by atoms with Gasteiger partial charge < -0.3 is 19.8 Å². The molecular formula is C13H25BN2O3. The number of nitrogens with two attached hydrogens (primary N) is 1. The molecule has 6 heteroatoms. The number of methoxy groups -OCH3 is 1. The van der Waals surface area contributed by atoms with Gasteiger partial charge in [0.05, 0.1) is 23.9 Å². The number of rotatable bonds is 5. The highest BCUT2D eigenvalue weighted by Crippen LogP contribution is 2.38. The molecule has 1 aliphatic rings. The summed E-state index contributed by atoms with van der Waals surface area (Å²) in [5.41, 5.74) is 5.61. The Bertz CT molecular complexity index is 351. The predicted molar refractivity (Wildman–Crippen MR) is 78.2 cm³/mol. The van der Waals surface area contributed by atoms with E-state index in [0.29, 0.717) is 6.61 Å². The van der Waals surface area contributed by atoms with Crippen LogP contribution in [0, 0.1) is 0 Å². The van der Waals surface area contributed by atoms with Crippen molar-refractivity contribution in [3.8, 4) is 0 Å². The molecule has 5 nitrogen and oxygen atoms in total. The summed E-state index contributed by atoms with van der Waals surface area (Å²) < 4.78 is 16.9. The maximum atomic E-state index is 5.92. The zero-order chi connectivity index (χ0) is 14.7. The molecule has 0 radical (unpaired) electrons. The standard InChI is InChI=1S/C13H25BN2O3/c1-10(9-17-6)16-8-11(7-15)14-18-12(2,3)13(4,5)19-14/h7-8,10H,9,15H2,1-6H3/t10-/m0/s1. The average Bonchev–Trinajstić information content (AvgIpc) is 2.49. The number of allylic oxidation sites excluding steroid dienone is 1. The molecule has 0 aromatic carbocycles. The van der Waals surface area contributed by atoms with Gasteiger partial charge in [0.15, 0.2) is 0 Å². The molecule has 108 valence electrons. The molecule has 0 unspecified atom stereocenters. The Morgan fingerprint density at radius 2 is 1.84 bits per heavy atom. The van der Waals surface area contributed by atoms with Crippen LogP contribution in [-0.2, 0) is 14.0 Å². The van der Waals surface area contributed by atoms with Gasteiger partial charge in [0, 0.05) is 18.8 Å². The molecule has 1 saturated heterocycles. The van der Waals surface area contributed by atoms with Gasteiger partial charge in [-0.3, -0.25) is 4.99 Å². The maximum Gasteiger partial charge on any atom is 0.497 e. The second-order valence-electron chi connectivity index (χ2n) is 5.84. The molecule has 1 heterocycles. The first-order valence-corrected chi connectivity index (χ1v) is 6.53. The number of aliphatic imine (C=N–C) groups is 1. The van der Waals surface area contributed by atoms with E-state index in [2.05, 4.69) is 4.99 Å². The van der Waals surface area contributed by atoms with Crippen molar-refractivity contribution in [1.82, 2.24) is 0 Å². The van der Waals surface area contributed by atoms with Crippen molar-refractivity contribution < 1.29 is 14.0 Å². The first kappa shape index (κ1) is 16.2. The van der Waals surface area contributed by atoms with Crippen molar-refractivity contribution in [2.75, 3.05) is 13.7 Å². The van der Waals surface area contributed by atoms with Gasteiger partial charge in [-0.2, -0.15) is 0 Å².